The standard InChI is InChI=1S/C13H17ClN4O2/c1-7(2)4-11-17-13(20-18-11)8(3)16-12(19)10-5-9(14)6-15-10/h5-8,15H,4H2,1-3H3,(H,16,19)/t8-/m0/s1. The van der Waals surface area contributed by atoms with Crippen molar-refractivity contribution in [1.29, 1.82) is 0 Å². The first kappa shape index (κ1) is 14.6. The van der Waals surface area contributed by atoms with Crippen molar-refractivity contribution in [2.24, 2.45) is 5.92 Å². The number of halogens is 1. The summed E-state index contributed by atoms with van der Waals surface area (Å²) in [6, 6.07) is 1.19. The molecule has 0 saturated heterocycles. The largest absolute Gasteiger partial charge is 0.356 e. The normalized spacial score (nSPS) is 12.7. The molecular weight excluding hydrogens is 280 g/mol. The highest BCUT2D eigenvalue weighted by Gasteiger charge is 2.18. The van der Waals surface area contributed by atoms with Crippen molar-refractivity contribution in [3.05, 3.63) is 34.7 Å². The van der Waals surface area contributed by atoms with Gasteiger partial charge in [-0.3, -0.25) is 4.79 Å². The van der Waals surface area contributed by atoms with E-state index in [1.807, 2.05) is 0 Å². The number of aromatic nitrogens is 3. The lowest BCUT2D eigenvalue weighted by Gasteiger charge is -2.08. The van der Waals surface area contributed by atoms with Crippen LogP contribution in [0.4, 0.5) is 0 Å². The minimum absolute atomic E-state index is 0.270. The Hall–Kier alpha value is -1.82. The smallest absolute Gasteiger partial charge is 0.268 e. The Kier molecular flexibility index (Phi) is 4.44. The lowest BCUT2D eigenvalue weighted by molar-refractivity contribution is 0.0928. The summed E-state index contributed by atoms with van der Waals surface area (Å²) in [5.41, 5.74) is 0.392. The van der Waals surface area contributed by atoms with Gasteiger partial charge in [-0.15, -0.1) is 0 Å². The molecule has 0 aromatic carbocycles. The number of nitrogens with zero attached hydrogens (tertiary/aromatic N) is 2. The third-order valence-corrected chi connectivity index (χ3v) is 2.90. The van der Waals surface area contributed by atoms with Gasteiger partial charge < -0.3 is 14.8 Å². The molecule has 1 atom stereocenters. The Morgan fingerprint density at radius 1 is 1.50 bits per heavy atom. The second kappa shape index (κ2) is 6.09. The first-order valence-electron chi connectivity index (χ1n) is 6.43. The molecule has 0 unspecified atom stereocenters. The van der Waals surface area contributed by atoms with E-state index in [-0.39, 0.29) is 11.9 Å². The molecule has 0 aliphatic carbocycles. The molecule has 108 valence electrons. The molecule has 0 aliphatic heterocycles. The number of amides is 1. The predicted octanol–water partition coefficient (Wildman–Crippen LogP) is 2.74. The molecule has 2 aromatic rings. The van der Waals surface area contributed by atoms with Crippen LogP contribution in [0, 0.1) is 5.92 Å². The molecule has 2 heterocycles. The van der Waals surface area contributed by atoms with Gasteiger partial charge in [0.15, 0.2) is 5.82 Å². The van der Waals surface area contributed by atoms with Gasteiger partial charge in [0.1, 0.15) is 11.7 Å². The molecule has 1 amide bonds. The maximum absolute atomic E-state index is 11.9. The molecule has 0 fully saturated rings. The van der Waals surface area contributed by atoms with Crippen LogP contribution >= 0.6 is 11.6 Å². The zero-order valence-electron chi connectivity index (χ0n) is 11.6. The lowest BCUT2D eigenvalue weighted by Crippen LogP contribution is -2.27. The molecular formula is C13H17ClN4O2. The minimum Gasteiger partial charge on any atom is -0.356 e. The first-order valence-corrected chi connectivity index (χ1v) is 6.80. The van der Waals surface area contributed by atoms with Gasteiger partial charge >= 0.3 is 0 Å². The summed E-state index contributed by atoms with van der Waals surface area (Å²) in [5.74, 6) is 1.23. The van der Waals surface area contributed by atoms with Crippen LogP contribution in [0.2, 0.25) is 5.02 Å². The van der Waals surface area contributed by atoms with E-state index in [2.05, 4.69) is 34.3 Å². The van der Waals surface area contributed by atoms with Crippen LogP contribution in [0.15, 0.2) is 16.8 Å². The topological polar surface area (TPSA) is 83.8 Å². The van der Waals surface area contributed by atoms with E-state index >= 15 is 0 Å². The van der Waals surface area contributed by atoms with Crippen LogP contribution in [-0.4, -0.2) is 21.0 Å². The Balaban J connectivity index is 1.99. The van der Waals surface area contributed by atoms with E-state index in [0.29, 0.717) is 28.3 Å². The zero-order valence-corrected chi connectivity index (χ0v) is 12.4. The minimum atomic E-state index is -0.363. The van der Waals surface area contributed by atoms with Crippen LogP contribution in [0.1, 0.15) is 49.0 Å². The molecule has 7 heteroatoms. The number of carbonyl (C=O) groups excluding carboxylic acids is 1. The summed E-state index contributed by atoms with van der Waals surface area (Å²) >= 11 is 5.76. The highest BCUT2D eigenvalue weighted by molar-refractivity contribution is 6.30. The zero-order chi connectivity index (χ0) is 14.7. The highest BCUT2D eigenvalue weighted by atomic mass is 35.5. The van der Waals surface area contributed by atoms with Crippen LogP contribution in [-0.2, 0) is 6.42 Å². The van der Waals surface area contributed by atoms with Gasteiger partial charge in [-0.05, 0) is 18.9 Å². The van der Waals surface area contributed by atoms with E-state index in [1.165, 1.54) is 0 Å². The Morgan fingerprint density at radius 2 is 2.25 bits per heavy atom. The van der Waals surface area contributed by atoms with Crippen molar-refractivity contribution in [1.82, 2.24) is 20.4 Å². The van der Waals surface area contributed by atoms with Crippen LogP contribution < -0.4 is 5.32 Å². The Morgan fingerprint density at radius 3 is 2.85 bits per heavy atom. The van der Waals surface area contributed by atoms with E-state index in [0.717, 1.165) is 6.42 Å². The number of nitrogens with one attached hydrogen (secondary N) is 2. The number of hydrogen-bond acceptors (Lipinski definition) is 4. The molecule has 2 rings (SSSR count). The second-order valence-electron chi connectivity index (χ2n) is 5.07. The molecule has 0 bridgehead atoms. The number of carbonyl (C=O) groups is 1. The fourth-order valence-electron chi connectivity index (χ4n) is 1.73. The molecule has 0 saturated carbocycles. The predicted molar refractivity (Wildman–Crippen MR) is 74.5 cm³/mol. The molecule has 2 N–H and O–H groups in total. The molecule has 2 aromatic heterocycles. The van der Waals surface area contributed by atoms with Gasteiger partial charge in [0.25, 0.3) is 5.91 Å². The average Bonchev–Trinajstić information content (AvgIpc) is 2.97. The fourth-order valence-corrected chi connectivity index (χ4v) is 1.89. The Labute approximate surface area is 121 Å². The van der Waals surface area contributed by atoms with Crippen molar-refractivity contribution in [3.8, 4) is 0 Å². The summed E-state index contributed by atoms with van der Waals surface area (Å²) in [5, 5.41) is 7.15. The second-order valence-corrected chi connectivity index (χ2v) is 5.51. The number of aromatic amines is 1. The number of hydrogen-bond donors (Lipinski definition) is 2. The molecule has 0 aliphatic rings. The van der Waals surface area contributed by atoms with Gasteiger partial charge in [0.2, 0.25) is 5.89 Å². The van der Waals surface area contributed by atoms with E-state index < -0.39 is 0 Å². The summed E-state index contributed by atoms with van der Waals surface area (Å²) in [7, 11) is 0. The highest BCUT2D eigenvalue weighted by Crippen LogP contribution is 2.14. The number of rotatable bonds is 5. The third-order valence-electron chi connectivity index (χ3n) is 2.69. The van der Waals surface area contributed by atoms with Crippen LogP contribution in [0.25, 0.3) is 0 Å². The lowest BCUT2D eigenvalue weighted by atomic mass is 10.1. The van der Waals surface area contributed by atoms with Crippen molar-refractivity contribution >= 4 is 17.5 Å². The van der Waals surface area contributed by atoms with E-state index in [4.69, 9.17) is 16.1 Å². The summed E-state index contributed by atoms with van der Waals surface area (Å²) < 4.78 is 5.16. The summed E-state index contributed by atoms with van der Waals surface area (Å²) in [6.07, 6.45) is 2.30. The summed E-state index contributed by atoms with van der Waals surface area (Å²) in [6.45, 7) is 5.95. The van der Waals surface area contributed by atoms with E-state index in [1.54, 1.807) is 19.2 Å². The monoisotopic (exact) mass is 296 g/mol. The maximum atomic E-state index is 11.9. The first-order chi connectivity index (χ1) is 9.45. The Bertz CT molecular complexity index is 591. The van der Waals surface area contributed by atoms with Gasteiger partial charge in [0, 0.05) is 12.6 Å². The van der Waals surface area contributed by atoms with E-state index in [9.17, 15) is 4.79 Å². The van der Waals surface area contributed by atoms with Gasteiger partial charge in [-0.25, -0.2) is 0 Å². The van der Waals surface area contributed by atoms with Gasteiger partial charge in [-0.2, -0.15) is 4.98 Å². The van der Waals surface area contributed by atoms with Crippen LogP contribution in [0.5, 0.6) is 0 Å². The van der Waals surface area contributed by atoms with Gasteiger partial charge in [-0.1, -0.05) is 30.6 Å². The van der Waals surface area contributed by atoms with Crippen molar-refractivity contribution in [2.45, 2.75) is 33.2 Å². The van der Waals surface area contributed by atoms with Crippen LogP contribution in [0.3, 0.4) is 0 Å². The average molecular weight is 297 g/mol. The quantitative estimate of drug-likeness (QED) is 0.888. The fraction of sp³-hybridized carbons (Fsp3) is 0.462. The molecule has 0 spiro atoms. The summed E-state index contributed by atoms with van der Waals surface area (Å²) in [4.78, 5) is 19.0. The van der Waals surface area contributed by atoms with Gasteiger partial charge in [0.05, 0.1) is 5.02 Å². The molecule has 20 heavy (non-hydrogen) atoms. The maximum Gasteiger partial charge on any atom is 0.268 e. The SMILES string of the molecule is CC(C)Cc1noc([C@H](C)NC(=O)c2cc(Cl)c[nH]2)n1. The van der Waals surface area contributed by atoms with Crippen molar-refractivity contribution < 1.29 is 9.32 Å². The van der Waals surface area contributed by atoms with Crippen molar-refractivity contribution in [2.75, 3.05) is 0 Å². The molecule has 0 radical (unpaired) electrons. The third kappa shape index (κ3) is 3.60. The van der Waals surface area contributed by atoms with Crippen molar-refractivity contribution in [3.63, 3.8) is 0 Å². The molecule has 6 nitrogen and oxygen atoms in total. The number of H-pyrrole nitrogens is 1.